The third-order valence-electron chi connectivity index (χ3n) is 1.48. The van der Waals surface area contributed by atoms with E-state index in [0.717, 1.165) is 0 Å². The van der Waals surface area contributed by atoms with E-state index < -0.39 is 0 Å². The van der Waals surface area contributed by atoms with Crippen molar-refractivity contribution in [3.63, 3.8) is 0 Å². The van der Waals surface area contributed by atoms with E-state index in [0.29, 0.717) is 17.2 Å². The lowest BCUT2D eigenvalue weighted by atomic mass is 10.2. The van der Waals surface area contributed by atoms with Crippen LogP contribution in [0.1, 0.15) is 13.8 Å². The fourth-order valence-corrected chi connectivity index (χ4v) is 0.965. The maximum absolute atomic E-state index is 9.32. The molecule has 0 amide bonds. The van der Waals surface area contributed by atoms with E-state index in [1.165, 1.54) is 20.3 Å². The summed E-state index contributed by atoms with van der Waals surface area (Å²) in [7, 11) is 2.94. The second-order valence-electron chi connectivity index (χ2n) is 2.28. The molecule has 14 heavy (non-hydrogen) atoms. The Labute approximate surface area is 84.3 Å². The minimum absolute atomic E-state index is 0.0191. The van der Waals surface area contributed by atoms with E-state index in [1.807, 2.05) is 13.8 Å². The van der Waals surface area contributed by atoms with Crippen molar-refractivity contribution in [3.8, 4) is 17.2 Å². The number of nitrogen functional groups attached to an aromatic ring is 1. The predicted molar refractivity (Wildman–Crippen MR) is 57.0 cm³/mol. The topological polar surface area (TPSA) is 64.7 Å². The Hall–Kier alpha value is -1.58. The van der Waals surface area contributed by atoms with Crippen LogP contribution in [0.3, 0.4) is 0 Å². The highest BCUT2D eigenvalue weighted by atomic mass is 16.5. The highest BCUT2D eigenvalue weighted by Crippen LogP contribution is 2.37. The van der Waals surface area contributed by atoms with E-state index >= 15 is 0 Å². The summed E-state index contributed by atoms with van der Waals surface area (Å²) < 4.78 is 9.82. The van der Waals surface area contributed by atoms with E-state index in [1.54, 1.807) is 6.07 Å². The van der Waals surface area contributed by atoms with E-state index in [4.69, 9.17) is 15.2 Å². The molecule has 0 saturated carbocycles. The number of aromatic hydroxyl groups is 1. The van der Waals surface area contributed by atoms with Crippen LogP contribution in [0.25, 0.3) is 0 Å². The normalized spacial score (nSPS) is 8.57. The van der Waals surface area contributed by atoms with Gasteiger partial charge in [0.2, 0.25) is 5.75 Å². The largest absolute Gasteiger partial charge is 0.504 e. The summed E-state index contributed by atoms with van der Waals surface area (Å²) in [6, 6.07) is 2.99. The summed E-state index contributed by atoms with van der Waals surface area (Å²) in [5.41, 5.74) is 5.90. The van der Waals surface area contributed by atoms with Crippen molar-refractivity contribution in [1.82, 2.24) is 0 Å². The Kier molecular flexibility index (Phi) is 5.29. The second-order valence-corrected chi connectivity index (χ2v) is 2.28. The molecule has 0 radical (unpaired) electrons. The van der Waals surface area contributed by atoms with Crippen LogP contribution in [0.2, 0.25) is 0 Å². The number of methoxy groups -OCH3 is 2. The van der Waals surface area contributed by atoms with Crippen molar-refractivity contribution >= 4 is 5.69 Å². The number of ether oxygens (including phenoxy) is 2. The van der Waals surface area contributed by atoms with Gasteiger partial charge in [-0.05, 0) is 0 Å². The van der Waals surface area contributed by atoms with Crippen molar-refractivity contribution in [3.05, 3.63) is 12.1 Å². The summed E-state index contributed by atoms with van der Waals surface area (Å²) in [4.78, 5) is 0. The molecule has 0 bridgehead atoms. The standard InChI is InChI=1S/C8H11NO3.C2H6/c1-11-7-4-5(9)3-6(10)8(7)12-2;1-2/h3-4,10H,9H2,1-2H3;1-2H3. The van der Waals surface area contributed by atoms with Crippen LogP contribution in [0, 0.1) is 0 Å². The van der Waals surface area contributed by atoms with Gasteiger partial charge in [-0.2, -0.15) is 0 Å². The van der Waals surface area contributed by atoms with Crippen LogP contribution in [-0.4, -0.2) is 19.3 Å². The van der Waals surface area contributed by atoms with Crippen LogP contribution in [0.5, 0.6) is 17.2 Å². The molecular formula is C10H17NO3. The van der Waals surface area contributed by atoms with Gasteiger partial charge in [0.15, 0.2) is 11.5 Å². The fraction of sp³-hybridized carbons (Fsp3) is 0.400. The first kappa shape index (κ1) is 12.4. The molecule has 0 heterocycles. The van der Waals surface area contributed by atoms with Gasteiger partial charge in [-0.15, -0.1) is 0 Å². The van der Waals surface area contributed by atoms with Crippen molar-refractivity contribution < 1.29 is 14.6 Å². The molecule has 0 aliphatic carbocycles. The fourth-order valence-electron chi connectivity index (χ4n) is 0.965. The second kappa shape index (κ2) is 5.96. The first-order valence-corrected chi connectivity index (χ1v) is 4.39. The number of phenols is 1. The molecule has 3 N–H and O–H groups in total. The lowest BCUT2D eigenvalue weighted by Crippen LogP contribution is -1.93. The smallest absolute Gasteiger partial charge is 0.203 e. The predicted octanol–water partition coefficient (Wildman–Crippen LogP) is 2.02. The summed E-state index contributed by atoms with van der Waals surface area (Å²) in [5.74, 6) is 0.705. The molecule has 4 nitrogen and oxygen atoms in total. The average molecular weight is 199 g/mol. The minimum atomic E-state index is -0.0191. The molecule has 80 valence electrons. The molecule has 1 aromatic rings. The Morgan fingerprint density at radius 2 is 1.71 bits per heavy atom. The van der Waals surface area contributed by atoms with Gasteiger partial charge in [0.1, 0.15) is 0 Å². The van der Waals surface area contributed by atoms with Gasteiger partial charge in [-0.1, -0.05) is 13.8 Å². The van der Waals surface area contributed by atoms with Gasteiger partial charge < -0.3 is 20.3 Å². The molecule has 4 heteroatoms. The summed E-state index contributed by atoms with van der Waals surface area (Å²) in [6.45, 7) is 4.00. The highest BCUT2D eigenvalue weighted by Gasteiger charge is 2.09. The van der Waals surface area contributed by atoms with Crippen LogP contribution in [0.4, 0.5) is 5.69 Å². The van der Waals surface area contributed by atoms with Crippen LogP contribution >= 0.6 is 0 Å². The first-order chi connectivity index (χ1) is 6.69. The van der Waals surface area contributed by atoms with E-state index in [-0.39, 0.29) is 5.75 Å². The third kappa shape index (κ3) is 2.73. The molecule has 1 rings (SSSR count). The number of hydrogen-bond acceptors (Lipinski definition) is 4. The Balaban J connectivity index is 0.000000791. The maximum Gasteiger partial charge on any atom is 0.203 e. The number of nitrogens with two attached hydrogens (primary N) is 1. The Bertz CT molecular complexity index is 287. The number of phenolic OH excluding ortho intramolecular Hbond substituents is 1. The van der Waals surface area contributed by atoms with Gasteiger partial charge in [-0.25, -0.2) is 0 Å². The zero-order valence-corrected chi connectivity index (χ0v) is 9.00. The van der Waals surface area contributed by atoms with Gasteiger partial charge in [0, 0.05) is 17.8 Å². The maximum atomic E-state index is 9.32. The van der Waals surface area contributed by atoms with Gasteiger partial charge in [0.05, 0.1) is 14.2 Å². The number of rotatable bonds is 2. The van der Waals surface area contributed by atoms with E-state index in [2.05, 4.69) is 0 Å². The molecule has 0 atom stereocenters. The van der Waals surface area contributed by atoms with Crippen LogP contribution in [-0.2, 0) is 0 Å². The molecule has 1 aromatic carbocycles. The Morgan fingerprint density at radius 1 is 1.14 bits per heavy atom. The summed E-state index contributed by atoms with van der Waals surface area (Å²) in [5, 5.41) is 9.32. The van der Waals surface area contributed by atoms with Gasteiger partial charge in [0.25, 0.3) is 0 Å². The number of benzene rings is 1. The lowest BCUT2D eigenvalue weighted by Gasteiger charge is -2.09. The molecule has 0 aliphatic rings. The molecule has 0 aliphatic heterocycles. The average Bonchev–Trinajstić information content (AvgIpc) is 2.19. The van der Waals surface area contributed by atoms with Crippen molar-refractivity contribution in [1.29, 1.82) is 0 Å². The van der Waals surface area contributed by atoms with E-state index in [9.17, 15) is 5.11 Å². The zero-order chi connectivity index (χ0) is 11.1. The Morgan fingerprint density at radius 3 is 2.14 bits per heavy atom. The minimum Gasteiger partial charge on any atom is -0.504 e. The van der Waals surface area contributed by atoms with Crippen LogP contribution < -0.4 is 15.2 Å². The van der Waals surface area contributed by atoms with Crippen LogP contribution in [0.15, 0.2) is 12.1 Å². The number of anilines is 1. The molecule has 0 aromatic heterocycles. The summed E-state index contributed by atoms with van der Waals surface area (Å²) >= 11 is 0. The molecular weight excluding hydrogens is 182 g/mol. The zero-order valence-electron chi connectivity index (χ0n) is 9.00. The van der Waals surface area contributed by atoms with Crippen molar-refractivity contribution in [2.75, 3.05) is 20.0 Å². The lowest BCUT2D eigenvalue weighted by molar-refractivity contribution is 0.333. The van der Waals surface area contributed by atoms with Gasteiger partial charge in [-0.3, -0.25) is 0 Å². The quantitative estimate of drug-likeness (QED) is 0.715. The SMILES string of the molecule is CC.COc1cc(N)cc(O)c1OC. The highest BCUT2D eigenvalue weighted by molar-refractivity contribution is 5.59. The summed E-state index contributed by atoms with van der Waals surface area (Å²) in [6.07, 6.45) is 0. The van der Waals surface area contributed by atoms with Crippen molar-refractivity contribution in [2.24, 2.45) is 0 Å². The monoisotopic (exact) mass is 199 g/mol. The van der Waals surface area contributed by atoms with Gasteiger partial charge >= 0.3 is 0 Å². The molecule has 0 fully saturated rings. The number of hydrogen-bond donors (Lipinski definition) is 2. The molecule has 0 unspecified atom stereocenters. The van der Waals surface area contributed by atoms with Crippen molar-refractivity contribution in [2.45, 2.75) is 13.8 Å². The third-order valence-corrected chi connectivity index (χ3v) is 1.48. The molecule has 0 saturated heterocycles. The molecule has 0 spiro atoms. The first-order valence-electron chi connectivity index (χ1n) is 4.39.